The minimum Gasteiger partial charge on any atom is -0.463 e. The van der Waals surface area contributed by atoms with E-state index < -0.39 is 11.9 Å². The normalized spacial score (nSPS) is 16.7. The van der Waals surface area contributed by atoms with Crippen molar-refractivity contribution < 1.29 is 14.3 Å². The van der Waals surface area contributed by atoms with Crippen LogP contribution in [-0.2, 0) is 14.3 Å². The Balaban J connectivity index is 2.27. The van der Waals surface area contributed by atoms with Crippen molar-refractivity contribution >= 4 is 11.7 Å². The van der Waals surface area contributed by atoms with Gasteiger partial charge in [-0.15, -0.1) is 0 Å². The third kappa shape index (κ3) is 3.15. The van der Waals surface area contributed by atoms with E-state index >= 15 is 0 Å². The van der Waals surface area contributed by atoms with Crippen LogP contribution < -0.4 is 5.73 Å². The summed E-state index contributed by atoms with van der Waals surface area (Å²) in [5, 5.41) is 9.62. The average molecular weight is 347 g/mol. The van der Waals surface area contributed by atoms with E-state index in [9.17, 15) is 10.1 Å². The summed E-state index contributed by atoms with van der Waals surface area (Å²) in [5.74, 6) is -1.01. The molecule has 0 amide bonds. The molecule has 0 fully saturated rings. The second-order valence-corrected chi connectivity index (χ2v) is 5.54. The third-order valence-electron chi connectivity index (χ3n) is 3.97. The number of hydrogen-bond donors (Lipinski definition) is 1. The van der Waals surface area contributed by atoms with Gasteiger partial charge in [-0.25, -0.2) is 4.79 Å². The average Bonchev–Trinajstić information content (AvgIpc) is 2.68. The van der Waals surface area contributed by atoms with Crippen LogP contribution in [0, 0.1) is 11.3 Å². The van der Waals surface area contributed by atoms with Crippen LogP contribution in [0.3, 0.4) is 0 Å². The molecule has 1 aromatic heterocycles. The molecule has 2 aromatic rings. The van der Waals surface area contributed by atoms with Crippen LogP contribution in [0.25, 0.3) is 5.76 Å². The van der Waals surface area contributed by atoms with Crippen molar-refractivity contribution in [2.24, 2.45) is 5.73 Å². The first kappa shape index (κ1) is 17.2. The van der Waals surface area contributed by atoms with E-state index in [0.29, 0.717) is 11.1 Å². The van der Waals surface area contributed by atoms with Gasteiger partial charge in [0, 0.05) is 18.0 Å². The van der Waals surface area contributed by atoms with E-state index in [2.05, 4.69) is 11.1 Å². The lowest BCUT2D eigenvalue weighted by atomic mass is 9.82. The summed E-state index contributed by atoms with van der Waals surface area (Å²) in [6, 6.07) is 14.7. The van der Waals surface area contributed by atoms with Gasteiger partial charge in [-0.1, -0.05) is 36.4 Å². The smallest absolute Gasteiger partial charge is 0.338 e. The van der Waals surface area contributed by atoms with Gasteiger partial charge < -0.3 is 15.2 Å². The lowest BCUT2D eigenvalue weighted by Gasteiger charge is -2.28. The quantitative estimate of drug-likeness (QED) is 0.854. The Bertz CT molecular complexity index is 912. The van der Waals surface area contributed by atoms with E-state index in [1.54, 1.807) is 43.6 Å². The Kier molecular flexibility index (Phi) is 4.99. The molecule has 1 aromatic carbocycles. The predicted octanol–water partition coefficient (Wildman–Crippen LogP) is 2.86. The number of nitriles is 1. The molecule has 1 aliphatic rings. The summed E-state index contributed by atoms with van der Waals surface area (Å²) in [7, 11) is 0. The first-order chi connectivity index (χ1) is 12.7. The third-order valence-corrected chi connectivity index (χ3v) is 3.97. The van der Waals surface area contributed by atoms with Crippen molar-refractivity contribution in [3.8, 4) is 6.07 Å². The van der Waals surface area contributed by atoms with Crippen LogP contribution in [0.5, 0.6) is 0 Å². The predicted molar refractivity (Wildman–Crippen MR) is 94.9 cm³/mol. The van der Waals surface area contributed by atoms with E-state index in [1.165, 1.54) is 0 Å². The van der Waals surface area contributed by atoms with Gasteiger partial charge in [0.1, 0.15) is 17.4 Å². The highest BCUT2D eigenvalue weighted by Gasteiger charge is 2.38. The molecule has 0 saturated heterocycles. The maximum Gasteiger partial charge on any atom is 0.338 e. The monoisotopic (exact) mass is 347 g/mol. The fraction of sp³-hybridized carbons (Fsp3) is 0.150. The number of nitrogens with two attached hydrogens (primary N) is 1. The zero-order valence-corrected chi connectivity index (χ0v) is 14.2. The molecule has 6 heteroatoms. The number of pyridine rings is 1. The molecule has 130 valence electrons. The molecule has 26 heavy (non-hydrogen) atoms. The summed E-state index contributed by atoms with van der Waals surface area (Å²) in [4.78, 5) is 16.9. The molecule has 2 heterocycles. The number of benzene rings is 1. The number of rotatable bonds is 4. The maximum atomic E-state index is 12.8. The standard InChI is InChI=1S/C20H17N3O3/c1-2-25-20(24)17-16(14-9-6-10-23-12-14)15(11-21)19(22)26-18(17)13-7-4-3-5-8-13/h3-10,12,16H,2,22H2,1H3/t16-/m0/s1. The highest BCUT2D eigenvalue weighted by atomic mass is 16.5. The van der Waals surface area contributed by atoms with Crippen LogP contribution in [0.2, 0.25) is 0 Å². The first-order valence-corrected chi connectivity index (χ1v) is 8.11. The Morgan fingerprint density at radius 2 is 2.08 bits per heavy atom. The van der Waals surface area contributed by atoms with Gasteiger partial charge >= 0.3 is 5.97 Å². The molecule has 0 unspecified atom stereocenters. The van der Waals surface area contributed by atoms with Crippen LogP contribution >= 0.6 is 0 Å². The van der Waals surface area contributed by atoms with Gasteiger partial charge in [0.05, 0.1) is 18.1 Å². The van der Waals surface area contributed by atoms with Gasteiger partial charge in [0.25, 0.3) is 0 Å². The molecule has 3 rings (SSSR count). The molecule has 2 N–H and O–H groups in total. The van der Waals surface area contributed by atoms with Crippen molar-refractivity contribution in [1.82, 2.24) is 4.98 Å². The molecule has 0 spiro atoms. The van der Waals surface area contributed by atoms with Crippen molar-refractivity contribution in [2.45, 2.75) is 12.8 Å². The summed E-state index contributed by atoms with van der Waals surface area (Å²) < 4.78 is 10.9. The SMILES string of the molecule is CCOC(=O)C1=C(c2ccccc2)OC(N)=C(C#N)[C@@H]1c1cccnc1. The number of carbonyl (C=O) groups excluding carboxylic acids is 1. The zero-order chi connectivity index (χ0) is 18.5. The number of allylic oxidation sites excluding steroid dienone is 1. The molecule has 1 atom stereocenters. The lowest BCUT2D eigenvalue weighted by molar-refractivity contribution is -0.138. The minimum atomic E-state index is -0.711. The highest BCUT2D eigenvalue weighted by Crippen LogP contribution is 2.42. The van der Waals surface area contributed by atoms with E-state index in [4.69, 9.17) is 15.2 Å². The molecular formula is C20H17N3O3. The zero-order valence-electron chi connectivity index (χ0n) is 14.2. The van der Waals surface area contributed by atoms with E-state index in [-0.39, 0.29) is 29.4 Å². The number of aromatic nitrogens is 1. The van der Waals surface area contributed by atoms with Crippen molar-refractivity contribution in [3.63, 3.8) is 0 Å². The Morgan fingerprint density at radius 3 is 2.69 bits per heavy atom. The van der Waals surface area contributed by atoms with Crippen molar-refractivity contribution in [1.29, 1.82) is 5.26 Å². The van der Waals surface area contributed by atoms with Gasteiger partial charge in [0.2, 0.25) is 5.88 Å². The van der Waals surface area contributed by atoms with Crippen LogP contribution in [0.4, 0.5) is 0 Å². The van der Waals surface area contributed by atoms with Crippen LogP contribution in [0.1, 0.15) is 24.0 Å². The maximum absolute atomic E-state index is 12.8. The molecule has 1 aliphatic heterocycles. The molecular weight excluding hydrogens is 330 g/mol. The first-order valence-electron chi connectivity index (χ1n) is 8.11. The summed E-state index contributed by atoms with van der Waals surface area (Å²) in [5.41, 5.74) is 7.73. The van der Waals surface area contributed by atoms with Gasteiger partial charge in [-0.2, -0.15) is 5.26 Å². The molecule has 0 bridgehead atoms. The summed E-state index contributed by atoms with van der Waals surface area (Å²) in [6.45, 7) is 1.92. The highest BCUT2D eigenvalue weighted by molar-refractivity contribution is 5.99. The van der Waals surface area contributed by atoms with Crippen LogP contribution in [0.15, 0.2) is 71.9 Å². The number of esters is 1. The second kappa shape index (κ2) is 7.53. The molecule has 0 aliphatic carbocycles. The van der Waals surface area contributed by atoms with E-state index in [0.717, 1.165) is 0 Å². The Labute approximate surface area is 151 Å². The Morgan fingerprint density at radius 1 is 1.31 bits per heavy atom. The van der Waals surface area contributed by atoms with Gasteiger partial charge in [0.15, 0.2) is 0 Å². The molecule has 0 saturated carbocycles. The fourth-order valence-electron chi connectivity index (χ4n) is 2.86. The molecule has 0 radical (unpaired) electrons. The number of ether oxygens (including phenoxy) is 2. The topological polar surface area (TPSA) is 98.2 Å². The van der Waals surface area contributed by atoms with Gasteiger partial charge in [-0.3, -0.25) is 4.98 Å². The Hall–Kier alpha value is -3.59. The number of carbonyl (C=O) groups is 1. The second-order valence-electron chi connectivity index (χ2n) is 5.54. The lowest BCUT2D eigenvalue weighted by Crippen LogP contribution is -2.26. The number of nitrogens with zero attached hydrogens (tertiary/aromatic N) is 2. The minimum absolute atomic E-state index is 0.0340. The number of hydrogen-bond acceptors (Lipinski definition) is 6. The summed E-state index contributed by atoms with van der Waals surface area (Å²) in [6.07, 6.45) is 3.22. The summed E-state index contributed by atoms with van der Waals surface area (Å²) >= 11 is 0. The van der Waals surface area contributed by atoms with Gasteiger partial charge in [-0.05, 0) is 18.6 Å². The van der Waals surface area contributed by atoms with Crippen molar-refractivity contribution in [2.75, 3.05) is 6.61 Å². The fourth-order valence-corrected chi connectivity index (χ4v) is 2.86. The van der Waals surface area contributed by atoms with Crippen LogP contribution in [-0.4, -0.2) is 17.6 Å². The van der Waals surface area contributed by atoms with E-state index in [1.807, 2.05) is 18.2 Å². The largest absolute Gasteiger partial charge is 0.463 e. The molecule has 6 nitrogen and oxygen atoms in total. The van der Waals surface area contributed by atoms with Crippen molar-refractivity contribution in [3.05, 3.63) is 83.0 Å².